The van der Waals surface area contributed by atoms with Crippen LogP contribution in [0.1, 0.15) is 88.8 Å². The van der Waals surface area contributed by atoms with Gasteiger partial charge in [0.05, 0.1) is 0 Å². The second-order valence-corrected chi connectivity index (χ2v) is 10.6. The molecule has 0 aliphatic rings. The van der Waals surface area contributed by atoms with Gasteiger partial charge in [-0.15, -0.1) is 0 Å². The van der Waals surface area contributed by atoms with Crippen molar-refractivity contribution in [1.82, 2.24) is 4.98 Å². The molecule has 7 heteroatoms. The summed E-state index contributed by atoms with van der Waals surface area (Å²) in [5, 5.41) is 0. The Bertz CT molecular complexity index is 1150. The lowest BCUT2D eigenvalue weighted by Crippen LogP contribution is -2.42. The summed E-state index contributed by atoms with van der Waals surface area (Å²) in [4.78, 5) is 16.7. The molecule has 0 radical (unpaired) electrons. The standard InChI is InChI=1S/C34H42F3NO3/c1-3-4-5-6-7-8-10-15-27-18-20-28(21-19-27)29-22-23-31(38-25-29)26(2)14-13-24-40-32(34(35,36)37)33(39)41-30-16-11-9-12-17-30/h9,11-12,16-23,25-26,32H,3-8,10,13-15,24H2,1-2H3. The molecule has 0 fully saturated rings. The Hall–Kier alpha value is -3.19. The Labute approximate surface area is 242 Å². The van der Waals surface area contributed by atoms with E-state index in [1.54, 1.807) is 18.2 Å². The van der Waals surface area contributed by atoms with Gasteiger partial charge in [-0.05, 0) is 60.9 Å². The lowest BCUT2D eigenvalue weighted by Gasteiger charge is -2.20. The fourth-order valence-electron chi connectivity index (χ4n) is 4.71. The molecule has 2 unspecified atom stereocenters. The maximum absolute atomic E-state index is 13.4. The number of alkyl halides is 3. The van der Waals surface area contributed by atoms with Crippen LogP contribution in [0.4, 0.5) is 13.2 Å². The molecule has 0 aliphatic heterocycles. The summed E-state index contributed by atoms with van der Waals surface area (Å²) < 4.78 is 50.0. The van der Waals surface area contributed by atoms with Crippen molar-refractivity contribution in [2.24, 2.45) is 0 Å². The number of carbonyl (C=O) groups excluding carboxylic acids is 1. The number of carbonyl (C=O) groups is 1. The second kappa shape index (κ2) is 16.9. The third-order valence-corrected chi connectivity index (χ3v) is 7.19. The molecule has 3 rings (SSSR count). The number of aromatic nitrogens is 1. The van der Waals surface area contributed by atoms with Crippen LogP contribution in [0.2, 0.25) is 0 Å². The van der Waals surface area contributed by atoms with E-state index in [4.69, 9.17) is 9.47 Å². The van der Waals surface area contributed by atoms with Gasteiger partial charge < -0.3 is 9.47 Å². The number of rotatable bonds is 17. The van der Waals surface area contributed by atoms with Crippen LogP contribution >= 0.6 is 0 Å². The number of nitrogens with zero attached hydrogens (tertiary/aromatic N) is 1. The van der Waals surface area contributed by atoms with Crippen LogP contribution in [0.3, 0.4) is 0 Å². The maximum atomic E-state index is 13.4. The van der Waals surface area contributed by atoms with Gasteiger partial charge in [-0.1, -0.05) is 101 Å². The fourth-order valence-corrected chi connectivity index (χ4v) is 4.71. The molecule has 222 valence electrons. The molecule has 41 heavy (non-hydrogen) atoms. The minimum Gasteiger partial charge on any atom is -0.424 e. The van der Waals surface area contributed by atoms with E-state index >= 15 is 0 Å². The molecule has 0 saturated heterocycles. The van der Waals surface area contributed by atoms with Crippen molar-refractivity contribution in [3.8, 4) is 16.9 Å². The molecule has 0 N–H and O–H groups in total. The summed E-state index contributed by atoms with van der Waals surface area (Å²) in [6.07, 6.45) is 5.50. The lowest BCUT2D eigenvalue weighted by atomic mass is 9.98. The van der Waals surface area contributed by atoms with E-state index in [1.807, 2.05) is 25.3 Å². The fraction of sp³-hybridized carbons (Fsp3) is 0.471. The van der Waals surface area contributed by atoms with Gasteiger partial charge in [0.1, 0.15) is 5.75 Å². The van der Waals surface area contributed by atoms with Crippen LogP contribution < -0.4 is 4.74 Å². The number of pyridine rings is 1. The van der Waals surface area contributed by atoms with E-state index in [9.17, 15) is 18.0 Å². The van der Waals surface area contributed by atoms with Gasteiger partial charge >= 0.3 is 12.1 Å². The van der Waals surface area contributed by atoms with Crippen LogP contribution in [0, 0.1) is 0 Å². The summed E-state index contributed by atoms with van der Waals surface area (Å²) in [5.41, 5.74) is 4.34. The molecule has 4 nitrogen and oxygen atoms in total. The van der Waals surface area contributed by atoms with Crippen molar-refractivity contribution in [3.63, 3.8) is 0 Å². The third-order valence-electron chi connectivity index (χ3n) is 7.19. The summed E-state index contributed by atoms with van der Waals surface area (Å²) in [5.74, 6) is -1.41. The van der Waals surface area contributed by atoms with Crippen molar-refractivity contribution >= 4 is 5.97 Å². The lowest BCUT2D eigenvalue weighted by molar-refractivity contribution is -0.225. The van der Waals surface area contributed by atoms with Crippen molar-refractivity contribution in [2.75, 3.05) is 6.61 Å². The van der Waals surface area contributed by atoms with E-state index in [1.165, 1.54) is 62.6 Å². The largest absolute Gasteiger partial charge is 0.425 e. The van der Waals surface area contributed by atoms with Crippen LogP contribution in [-0.4, -0.2) is 29.8 Å². The summed E-state index contributed by atoms with van der Waals surface area (Å²) in [6, 6.07) is 20.3. The molecule has 1 aromatic heterocycles. The van der Waals surface area contributed by atoms with Crippen LogP contribution in [0.15, 0.2) is 72.9 Å². The van der Waals surface area contributed by atoms with Gasteiger partial charge in [0.25, 0.3) is 6.10 Å². The van der Waals surface area contributed by atoms with E-state index in [0.717, 1.165) is 23.2 Å². The maximum Gasteiger partial charge on any atom is 0.425 e. The molecule has 0 amide bonds. The molecule has 0 saturated carbocycles. The van der Waals surface area contributed by atoms with Crippen molar-refractivity contribution in [3.05, 3.63) is 84.2 Å². The van der Waals surface area contributed by atoms with Crippen molar-refractivity contribution < 1.29 is 27.4 Å². The quantitative estimate of drug-likeness (QED) is 0.0923. The first-order valence-corrected chi connectivity index (χ1v) is 14.8. The van der Waals surface area contributed by atoms with E-state index in [2.05, 4.69) is 36.2 Å². The van der Waals surface area contributed by atoms with Gasteiger partial charge in [-0.25, -0.2) is 4.79 Å². The topological polar surface area (TPSA) is 48.4 Å². The Morgan fingerprint density at radius 2 is 1.49 bits per heavy atom. The molecule has 0 aliphatic carbocycles. The minimum atomic E-state index is -4.86. The Morgan fingerprint density at radius 3 is 2.12 bits per heavy atom. The average molecular weight is 570 g/mol. The predicted octanol–water partition coefficient (Wildman–Crippen LogP) is 9.48. The van der Waals surface area contributed by atoms with E-state index < -0.39 is 18.2 Å². The van der Waals surface area contributed by atoms with Gasteiger partial charge in [-0.3, -0.25) is 4.98 Å². The number of halogens is 3. The number of ether oxygens (including phenoxy) is 2. The third kappa shape index (κ3) is 11.3. The second-order valence-electron chi connectivity index (χ2n) is 10.6. The highest BCUT2D eigenvalue weighted by Crippen LogP contribution is 2.27. The van der Waals surface area contributed by atoms with Gasteiger partial charge in [0, 0.05) is 24.1 Å². The zero-order valence-electron chi connectivity index (χ0n) is 24.2. The molecule has 3 aromatic rings. The zero-order valence-corrected chi connectivity index (χ0v) is 24.2. The Morgan fingerprint density at radius 1 is 0.829 bits per heavy atom. The molecular weight excluding hydrogens is 527 g/mol. The highest BCUT2D eigenvalue weighted by Gasteiger charge is 2.47. The Balaban J connectivity index is 1.42. The van der Waals surface area contributed by atoms with Crippen molar-refractivity contribution in [1.29, 1.82) is 0 Å². The SMILES string of the molecule is CCCCCCCCCc1ccc(-c2ccc(C(C)CCCOC(C(=O)Oc3ccccc3)C(F)(F)F)nc2)cc1. The monoisotopic (exact) mass is 569 g/mol. The highest BCUT2D eigenvalue weighted by atomic mass is 19.4. The molecule has 0 bridgehead atoms. The number of para-hydroxylation sites is 1. The number of hydrogen-bond donors (Lipinski definition) is 0. The Kier molecular flexibility index (Phi) is 13.3. The number of unbranched alkanes of at least 4 members (excludes halogenated alkanes) is 6. The average Bonchev–Trinajstić information content (AvgIpc) is 2.96. The van der Waals surface area contributed by atoms with Gasteiger partial charge in [0.2, 0.25) is 0 Å². The number of aryl methyl sites for hydroxylation is 1. The first-order valence-electron chi connectivity index (χ1n) is 14.8. The summed E-state index contributed by atoms with van der Waals surface area (Å²) in [7, 11) is 0. The normalized spacial score (nSPS) is 13.1. The zero-order chi connectivity index (χ0) is 29.5. The van der Waals surface area contributed by atoms with Crippen molar-refractivity contribution in [2.45, 2.75) is 96.3 Å². The molecule has 0 spiro atoms. The molecule has 1 heterocycles. The van der Waals surface area contributed by atoms with Crippen LogP contribution in [0.5, 0.6) is 5.75 Å². The van der Waals surface area contributed by atoms with E-state index in [0.29, 0.717) is 12.8 Å². The van der Waals surface area contributed by atoms with Crippen LogP contribution in [-0.2, 0) is 16.0 Å². The van der Waals surface area contributed by atoms with Gasteiger partial charge in [0.15, 0.2) is 0 Å². The van der Waals surface area contributed by atoms with Gasteiger partial charge in [-0.2, -0.15) is 13.2 Å². The molecular formula is C34H42F3NO3. The minimum absolute atomic E-state index is 0.0256. The first kappa shape index (κ1) is 32.3. The highest BCUT2D eigenvalue weighted by molar-refractivity contribution is 5.78. The number of esters is 1. The first-order chi connectivity index (χ1) is 19.8. The van der Waals surface area contributed by atoms with E-state index in [-0.39, 0.29) is 18.3 Å². The summed E-state index contributed by atoms with van der Waals surface area (Å²) >= 11 is 0. The number of hydrogen-bond acceptors (Lipinski definition) is 4. The summed E-state index contributed by atoms with van der Waals surface area (Å²) in [6.45, 7) is 4.00. The smallest absolute Gasteiger partial charge is 0.424 e. The number of benzene rings is 2. The molecule has 2 aromatic carbocycles. The molecule has 2 atom stereocenters. The van der Waals surface area contributed by atoms with Crippen LogP contribution in [0.25, 0.3) is 11.1 Å². The predicted molar refractivity (Wildman–Crippen MR) is 157 cm³/mol.